The van der Waals surface area contributed by atoms with Gasteiger partial charge in [-0.05, 0) is 38.0 Å². The molecule has 0 aliphatic rings. The number of methoxy groups -OCH3 is 2. The molecule has 2 unspecified atom stereocenters. The minimum atomic E-state index is -0.773. The van der Waals surface area contributed by atoms with Crippen molar-refractivity contribution in [1.82, 2.24) is 0 Å². The van der Waals surface area contributed by atoms with Crippen molar-refractivity contribution in [3.05, 3.63) is 22.7 Å². The van der Waals surface area contributed by atoms with Gasteiger partial charge >= 0.3 is 5.97 Å². The Bertz CT molecular complexity index is 476. The van der Waals surface area contributed by atoms with E-state index < -0.39 is 12.1 Å². The van der Waals surface area contributed by atoms with Crippen LogP contribution in [0.25, 0.3) is 0 Å². The van der Waals surface area contributed by atoms with E-state index in [-0.39, 0.29) is 6.04 Å². The summed E-state index contributed by atoms with van der Waals surface area (Å²) in [5.74, 6) is 0.298. The molecule has 1 aromatic rings. The fraction of sp³-hybridized carbons (Fsp3) is 0.500. The Morgan fingerprint density at radius 2 is 2.00 bits per heavy atom. The third-order valence-electron chi connectivity index (χ3n) is 2.67. The van der Waals surface area contributed by atoms with Crippen molar-refractivity contribution < 1.29 is 19.0 Å². The van der Waals surface area contributed by atoms with E-state index in [2.05, 4.69) is 4.74 Å². The average Bonchev–Trinajstić information content (AvgIpc) is 2.39. The number of esters is 1. The van der Waals surface area contributed by atoms with Crippen LogP contribution in [0.3, 0.4) is 0 Å². The maximum Gasteiger partial charge on any atom is 0.346 e. The molecule has 0 saturated heterocycles. The molecule has 0 spiro atoms. The van der Waals surface area contributed by atoms with Gasteiger partial charge in [0.25, 0.3) is 0 Å². The van der Waals surface area contributed by atoms with Crippen molar-refractivity contribution in [3.8, 4) is 11.5 Å². The van der Waals surface area contributed by atoms with Crippen molar-refractivity contribution >= 4 is 17.6 Å². The van der Waals surface area contributed by atoms with E-state index in [1.54, 1.807) is 19.1 Å². The second-order valence-electron chi connectivity index (χ2n) is 4.57. The number of rotatable bonds is 6. The number of ether oxygens (including phenoxy) is 3. The largest absolute Gasteiger partial charge is 0.493 e. The van der Waals surface area contributed by atoms with Gasteiger partial charge in [-0.1, -0.05) is 11.6 Å². The van der Waals surface area contributed by atoms with E-state index in [0.29, 0.717) is 22.9 Å². The molecule has 1 aromatic carbocycles. The van der Waals surface area contributed by atoms with Crippen molar-refractivity contribution in [3.63, 3.8) is 0 Å². The number of halogens is 1. The number of benzene rings is 1. The van der Waals surface area contributed by atoms with Crippen LogP contribution in [0.4, 0.5) is 0 Å². The molecule has 112 valence electrons. The highest BCUT2D eigenvalue weighted by Gasteiger charge is 2.20. The van der Waals surface area contributed by atoms with Gasteiger partial charge in [0.1, 0.15) is 0 Å². The number of hydrogen-bond acceptors (Lipinski definition) is 5. The van der Waals surface area contributed by atoms with E-state index in [0.717, 1.165) is 5.56 Å². The lowest BCUT2D eigenvalue weighted by Crippen LogP contribution is -2.25. The fourth-order valence-corrected chi connectivity index (χ4v) is 2.05. The van der Waals surface area contributed by atoms with Crippen LogP contribution in [0.5, 0.6) is 11.5 Å². The molecule has 0 radical (unpaired) electrons. The lowest BCUT2D eigenvalue weighted by Gasteiger charge is -2.18. The Labute approximate surface area is 123 Å². The van der Waals surface area contributed by atoms with Crippen LogP contribution < -0.4 is 15.2 Å². The second-order valence-corrected chi connectivity index (χ2v) is 4.98. The molecule has 0 fully saturated rings. The summed E-state index contributed by atoms with van der Waals surface area (Å²) < 4.78 is 15.4. The minimum Gasteiger partial charge on any atom is -0.493 e. The highest BCUT2D eigenvalue weighted by atomic mass is 35.5. The van der Waals surface area contributed by atoms with Gasteiger partial charge in [0.2, 0.25) is 0 Å². The van der Waals surface area contributed by atoms with Gasteiger partial charge in [0.15, 0.2) is 17.6 Å². The van der Waals surface area contributed by atoms with Crippen LogP contribution in [0.1, 0.15) is 19.4 Å². The molecule has 0 heterocycles. The molecule has 20 heavy (non-hydrogen) atoms. The Morgan fingerprint density at radius 1 is 1.35 bits per heavy atom. The first kappa shape index (κ1) is 16.6. The Morgan fingerprint density at radius 3 is 2.50 bits per heavy atom. The van der Waals surface area contributed by atoms with Gasteiger partial charge in [0.05, 0.1) is 19.2 Å². The summed E-state index contributed by atoms with van der Waals surface area (Å²) in [6, 6.07) is 3.57. The zero-order chi connectivity index (χ0) is 15.3. The lowest BCUT2D eigenvalue weighted by molar-refractivity contribution is -0.147. The first-order valence-corrected chi connectivity index (χ1v) is 6.63. The van der Waals surface area contributed by atoms with E-state index in [4.69, 9.17) is 26.8 Å². The van der Waals surface area contributed by atoms with Crippen LogP contribution in [-0.2, 0) is 16.0 Å². The van der Waals surface area contributed by atoms with Crippen LogP contribution in [0.2, 0.25) is 5.02 Å². The Kier molecular flexibility index (Phi) is 6.10. The molecule has 6 heteroatoms. The number of carbonyl (C=O) groups excluding carboxylic acids is 1. The van der Waals surface area contributed by atoms with Crippen molar-refractivity contribution in [2.75, 3.05) is 14.2 Å². The number of nitrogens with two attached hydrogens (primary N) is 1. The van der Waals surface area contributed by atoms with Gasteiger partial charge in [-0.25, -0.2) is 4.79 Å². The summed E-state index contributed by atoms with van der Waals surface area (Å²) in [6.45, 7) is 3.49. The summed E-state index contributed by atoms with van der Waals surface area (Å²) in [7, 11) is 2.81. The molecule has 0 aromatic heterocycles. The van der Waals surface area contributed by atoms with Crippen molar-refractivity contribution in [2.45, 2.75) is 32.4 Å². The van der Waals surface area contributed by atoms with E-state index in [1.807, 2.05) is 6.92 Å². The average molecular weight is 302 g/mol. The Balaban J connectivity index is 3.04. The molecule has 1 rings (SSSR count). The predicted molar refractivity (Wildman–Crippen MR) is 77.5 cm³/mol. The smallest absolute Gasteiger partial charge is 0.346 e. The topological polar surface area (TPSA) is 70.8 Å². The summed E-state index contributed by atoms with van der Waals surface area (Å²) in [5, 5.41) is 0.371. The molecule has 2 N–H and O–H groups in total. The molecular formula is C14H20ClNO4. The monoisotopic (exact) mass is 301 g/mol. The quantitative estimate of drug-likeness (QED) is 0.816. The highest BCUT2D eigenvalue weighted by Crippen LogP contribution is 2.37. The summed E-state index contributed by atoms with van der Waals surface area (Å²) in [4.78, 5) is 11.4. The lowest BCUT2D eigenvalue weighted by atomic mass is 10.1. The first-order chi connectivity index (χ1) is 9.38. The zero-order valence-electron chi connectivity index (χ0n) is 12.1. The van der Waals surface area contributed by atoms with E-state index >= 15 is 0 Å². The summed E-state index contributed by atoms with van der Waals surface area (Å²) >= 11 is 6.19. The maximum absolute atomic E-state index is 11.4. The van der Waals surface area contributed by atoms with Crippen LogP contribution in [-0.4, -0.2) is 32.3 Å². The molecule has 5 nitrogen and oxygen atoms in total. The normalized spacial score (nSPS) is 13.5. The van der Waals surface area contributed by atoms with Crippen LogP contribution in [0, 0.1) is 0 Å². The molecule has 0 aliphatic carbocycles. The summed E-state index contributed by atoms with van der Waals surface area (Å²) in [5.41, 5.74) is 6.71. The number of hydrogen-bond donors (Lipinski definition) is 1. The van der Waals surface area contributed by atoms with Gasteiger partial charge in [-0.15, -0.1) is 0 Å². The predicted octanol–water partition coefficient (Wildman–Crippen LogP) is 2.18. The van der Waals surface area contributed by atoms with Crippen molar-refractivity contribution in [1.29, 1.82) is 0 Å². The van der Waals surface area contributed by atoms with E-state index in [1.165, 1.54) is 14.2 Å². The van der Waals surface area contributed by atoms with Gasteiger partial charge in [-0.2, -0.15) is 0 Å². The molecule has 0 bridgehead atoms. The molecule has 0 amide bonds. The molecule has 2 atom stereocenters. The second kappa shape index (κ2) is 7.36. The SMILES string of the molecule is COC(=O)C(C)Oc1c(Cl)cc(CC(C)N)cc1OC. The molecular weight excluding hydrogens is 282 g/mol. The highest BCUT2D eigenvalue weighted by molar-refractivity contribution is 6.32. The Hall–Kier alpha value is -1.46. The minimum absolute atomic E-state index is 0.0107. The third-order valence-corrected chi connectivity index (χ3v) is 2.96. The van der Waals surface area contributed by atoms with E-state index in [9.17, 15) is 4.79 Å². The zero-order valence-corrected chi connectivity index (χ0v) is 12.9. The first-order valence-electron chi connectivity index (χ1n) is 6.25. The van der Waals surface area contributed by atoms with Gasteiger partial charge in [0, 0.05) is 6.04 Å². The summed E-state index contributed by atoms with van der Waals surface area (Å²) in [6.07, 6.45) is -0.103. The number of carbonyl (C=O) groups is 1. The van der Waals surface area contributed by atoms with Crippen molar-refractivity contribution in [2.24, 2.45) is 5.73 Å². The maximum atomic E-state index is 11.4. The standard InChI is InChI=1S/C14H20ClNO4/c1-8(16)5-10-6-11(15)13(12(7-10)18-3)20-9(2)14(17)19-4/h6-9H,5,16H2,1-4H3. The molecule has 0 aliphatic heterocycles. The van der Waals surface area contributed by atoms with Crippen LogP contribution in [0.15, 0.2) is 12.1 Å². The van der Waals surface area contributed by atoms with Gasteiger partial charge < -0.3 is 19.9 Å². The van der Waals surface area contributed by atoms with Crippen LogP contribution >= 0.6 is 11.6 Å². The molecule has 0 saturated carbocycles. The van der Waals surface area contributed by atoms with Gasteiger partial charge in [-0.3, -0.25) is 0 Å². The fourth-order valence-electron chi connectivity index (χ4n) is 1.77. The third kappa shape index (κ3) is 4.28.